The predicted octanol–water partition coefficient (Wildman–Crippen LogP) is 1.09. The van der Waals surface area contributed by atoms with Gasteiger partial charge in [0.1, 0.15) is 12.3 Å². The van der Waals surface area contributed by atoms with E-state index in [0.717, 1.165) is 5.56 Å². The van der Waals surface area contributed by atoms with Gasteiger partial charge in [0.2, 0.25) is 0 Å². The molecule has 0 radical (unpaired) electrons. The van der Waals surface area contributed by atoms with Gasteiger partial charge in [-0.15, -0.1) is 5.10 Å². The molecule has 0 saturated heterocycles. The van der Waals surface area contributed by atoms with E-state index in [4.69, 9.17) is 9.84 Å². The van der Waals surface area contributed by atoms with Crippen molar-refractivity contribution in [1.82, 2.24) is 20.3 Å². The number of nitrogens with one attached hydrogen (secondary N) is 1. The SMILES string of the molecule is O=C(NCc1cn(CCCO)nn1)OCc1ccccc1. The molecule has 0 bridgehead atoms. The zero-order chi connectivity index (χ0) is 14.9. The molecule has 2 N–H and O–H groups in total. The van der Waals surface area contributed by atoms with Crippen molar-refractivity contribution >= 4 is 6.09 Å². The quantitative estimate of drug-likeness (QED) is 0.796. The third-order valence-corrected chi connectivity index (χ3v) is 2.76. The molecule has 2 rings (SSSR count). The number of hydrogen-bond acceptors (Lipinski definition) is 5. The molecule has 112 valence electrons. The van der Waals surface area contributed by atoms with Crippen LogP contribution in [-0.2, 0) is 24.4 Å². The van der Waals surface area contributed by atoms with Gasteiger partial charge in [0.05, 0.1) is 12.7 Å². The van der Waals surface area contributed by atoms with Gasteiger partial charge in [-0.2, -0.15) is 0 Å². The Balaban J connectivity index is 1.70. The Morgan fingerprint density at radius 2 is 2.14 bits per heavy atom. The van der Waals surface area contributed by atoms with Crippen LogP contribution in [0.1, 0.15) is 17.7 Å². The number of aromatic nitrogens is 3. The van der Waals surface area contributed by atoms with Crippen LogP contribution >= 0.6 is 0 Å². The van der Waals surface area contributed by atoms with Gasteiger partial charge in [0, 0.05) is 13.2 Å². The van der Waals surface area contributed by atoms with Crippen molar-refractivity contribution in [3.05, 3.63) is 47.8 Å². The molecule has 1 aromatic heterocycles. The number of carbonyl (C=O) groups excluding carboxylic acids is 1. The van der Waals surface area contributed by atoms with E-state index in [1.807, 2.05) is 30.3 Å². The van der Waals surface area contributed by atoms with E-state index in [1.54, 1.807) is 10.9 Å². The van der Waals surface area contributed by atoms with Gasteiger partial charge in [-0.05, 0) is 12.0 Å². The topological polar surface area (TPSA) is 89.3 Å². The van der Waals surface area contributed by atoms with Crippen LogP contribution in [0.2, 0.25) is 0 Å². The van der Waals surface area contributed by atoms with Crippen LogP contribution in [0.5, 0.6) is 0 Å². The van der Waals surface area contributed by atoms with Gasteiger partial charge < -0.3 is 15.2 Å². The van der Waals surface area contributed by atoms with Crippen LogP contribution in [-0.4, -0.2) is 32.8 Å². The molecule has 21 heavy (non-hydrogen) atoms. The molecule has 7 nitrogen and oxygen atoms in total. The van der Waals surface area contributed by atoms with E-state index in [9.17, 15) is 4.79 Å². The monoisotopic (exact) mass is 290 g/mol. The van der Waals surface area contributed by atoms with E-state index in [0.29, 0.717) is 18.7 Å². The average Bonchev–Trinajstić information content (AvgIpc) is 2.98. The summed E-state index contributed by atoms with van der Waals surface area (Å²) in [6.45, 7) is 1.20. The summed E-state index contributed by atoms with van der Waals surface area (Å²) in [6, 6.07) is 9.46. The van der Waals surface area contributed by atoms with Crippen LogP contribution in [0.15, 0.2) is 36.5 Å². The summed E-state index contributed by atoms with van der Waals surface area (Å²) in [5.74, 6) is 0. The number of ether oxygens (including phenoxy) is 1. The molecule has 0 saturated carbocycles. The molecule has 7 heteroatoms. The summed E-state index contributed by atoms with van der Waals surface area (Å²) in [7, 11) is 0. The van der Waals surface area contributed by atoms with Crippen molar-refractivity contribution in [2.75, 3.05) is 6.61 Å². The highest BCUT2D eigenvalue weighted by Crippen LogP contribution is 2.01. The summed E-state index contributed by atoms with van der Waals surface area (Å²) < 4.78 is 6.71. The van der Waals surface area contributed by atoms with Crippen molar-refractivity contribution in [2.24, 2.45) is 0 Å². The number of aryl methyl sites for hydroxylation is 1. The second-order valence-corrected chi connectivity index (χ2v) is 4.47. The second kappa shape index (κ2) is 8.01. The standard InChI is InChI=1S/C14H18N4O3/c19-8-4-7-18-10-13(16-17-18)9-15-14(20)21-11-12-5-2-1-3-6-12/h1-3,5-6,10,19H,4,7-9,11H2,(H,15,20). The third kappa shape index (κ3) is 5.23. The van der Waals surface area contributed by atoms with Gasteiger partial charge in [-0.1, -0.05) is 35.5 Å². The largest absolute Gasteiger partial charge is 0.445 e. The lowest BCUT2D eigenvalue weighted by Crippen LogP contribution is -2.23. The summed E-state index contributed by atoms with van der Waals surface area (Å²) in [5, 5.41) is 19.1. The zero-order valence-electron chi connectivity index (χ0n) is 11.6. The van der Waals surface area contributed by atoms with Crippen LogP contribution in [0.4, 0.5) is 4.79 Å². The minimum absolute atomic E-state index is 0.110. The van der Waals surface area contributed by atoms with Crippen molar-refractivity contribution in [2.45, 2.75) is 26.1 Å². The Morgan fingerprint density at radius 1 is 1.33 bits per heavy atom. The minimum atomic E-state index is -0.497. The average molecular weight is 290 g/mol. The van der Waals surface area contributed by atoms with Crippen LogP contribution < -0.4 is 5.32 Å². The Hall–Kier alpha value is -2.41. The number of hydrogen-bond donors (Lipinski definition) is 2. The lowest BCUT2D eigenvalue weighted by Gasteiger charge is -2.05. The third-order valence-electron chi connectivity index (χ3n) is 2.76. The Morgan fingerprint density at radius 3 is 2.90 bits per heavy atom. The summed E-state index contributed by atoms with van der Waals surface area (Å²) >= 11 is 0. The molecule has 0 atom stereocenters. The molecule has 0 aliphatic carbocycles. The van der Waals surface area contributed by atoms with Crippen molar-refractivity contribution in [3.8, 4) is 0 Å². The van der Waals surface area contributed by atoms with Gasteiger partial charge in [-0.25, -0.2) is 4.79 Å². The maximum atomic E-state index is 11.5. The molecular weight excluding hydrogens is 272 g/mol. The van der Waals surface area contributed by atoms with Gasteiger partial charge >= 0.3 is 6.09 Å². The molecule has 1 heterocycles. The molecule has 0 spiro atoms. The lowest BCUT2D eigenvalue weighted by molar-refractivity contribution is 0.139. The fourth-order valence-corrected chi connectivity index (χ4v) is 1.70. The first-order valence-corrected chi connectivity index (χ1v) is 6.72. The van der Waals surface area contributed by atoms with Gasteiger partial charge in [0.15, 0.2) is 0 Å². The maximum absolute atomic E-state index is 11.5. The van der Waals surface area contributed by atoms with E-state index >= 15 is 0 Å². The van der Waals surface area contributed by atoms with Crippen LogP contribution in [0.3, 0.4) is 0 Å². The lowest BCUT2D eigenvalue weighted by atomic mass is 10.2. The molecule has 0 aliphatic heterocycles. The zero-order valence-corrected chi connectivity index (χ0v) is 11.6. The molecule has 0 unspecified atom stereocenters. The van der Waals surface area contributed by atoms with E-state index in [1.165, 1.54) is 0 Å². The Labute approximate surface area is 122 Å². The number of carbonyl (C=O) groups is 1. The predicted molar refractivity (Wildman–Crippen MR) is 75.2 cm³/mol. The summed E-state index contributed by atoms with van der Waals surface area (Å²) in [4.78, 5) is 11.5. The van der Waals surface area contributed by atoms with E-state index in [2.05, 4.69) is 15.6 Å². The van der Waals surface area contributed by atoms with Gasteiger partial charge in [-0.3, -0.25) is 4.68 Å². The highest BCUT2D eigenvalue weighted by molar-refractivity contribution is 5.67. The number of aliphatic hydroxyl groups is 1. The maximum Gasteiger partial charge on any atom is 0.407 e. The number of nitrogens with zero attached hydrogens (tertiary/aromatic N) is 3. The Bertz CT molecular complexity index is 556. The molecule has 1 aromatic carbocycles. The summed E-state index contributed by atoms with van der Waals surface area (Å²) in [6.07, 6.45) is 1.85. The number of benzene rings is 1. The fourth-order valence-electron chi connectivity index (χ4n) is 1.70. The first kappa shape index (κ1) is 15.0. The normalized spacial score (nSPS) is 10.3. The fraction of sp³-hybridized carbons (Fsp3) is 0.357. The number of alkyl carbamates (subject to hydrolysis) is 1. The van der Waals surface area contributed by atoms with E-state index < -0.39 is 6.09 Å². The van der Waals surface area contributed by atoms with Crippen molar-refractivity contribution < 1.29 is 14.6 Å². The van der Waals surface area contributed by atoms with Crippen molar-refractivity contribution in [3.63, 3.8) is 0 Å². The number of aliphatic hydroxyl groups excluding tert-OH is 1. The second-order valence-electron chi connectivity index (χ2n) is 4.47. The number of amides is 1. The molecule has 0 aliphatic rings. The van der Waals surface area contributed by atoms with Gasteiger partial charge in [0.25, 0.3) is 0 Å². The smallest absolute Gasteiger partial charge is 0.407 e. The highest BCUT2D eigenvalue weighted by atomic mass is 16.5. The minimum Gasteiger partial charge on any atom is -0.445 e. The van der Waals surface area contributed by atoms with Crippen LogP contribution in [0, 0.1) is 0 Å². The summed E-state index contributed by atoms with van der Waals surface area (Å²) in [5.41, 5.74) is 1.58. The molecule has 1 amide bonds. The molecular formula is C14H18N4O3. The number of rotatable bonds is 7. The van der Waals surface area contributed by atoms with Crippen molar-refractivity contribution in [1.29, 1.82) is 0 Å². The highest BCUT2D eigenvalue weighted by Gasteiger charge is 2.05. The molecule has 0 fully saturated rings. The first-order valence-electron chi connectivity index (χ1n) is 6.72. The molecule has 2 aromatic rings. The van der Waals surface area contributed by atoms with Crippen LogP contribution in [0.25, 0.3) is 0 Å². The first-order chi connectivity index (χ1) is 10.3. The Kier molecular flexibility index (Phi) is 5.71. The van der Waals surface area contributed by atoms with E-state index in [-0.39, 0.29) is 19.8 Å².